The van der Waals surface area contributed by atoms with E-state index in [4.69, 9.17) is 46.4 Å². The zero-order chi connectivity index (χ0) is 51.3. The molecule has 4 rings (SSSR count). The van der Waals surface area contributed by atoms with Crippen LogP contribution in [-0.4, -0.2) is 165 Å². The second kappa shape index (κ2) is 35.9. The lowest BCUT2D eigenvalue weighted by Gasteiger charge is -2.22. The van der Waals surface area contributed by atoms with Crippen molar-refractivity contribution in [3.8, 4) is 0 Å². The molecule has 4 aromatic rings. The van der Waals surface area contributed by atoms with Gasteiger partial charge in [0.15, 0.2) is 0 Å². The lowest BCUT2D eigenvalue weighted by atomic mass is 10.5. The van der Waals surface area contributed by atoms with Gasteiger partial charge in [-0.25, -0.2) is 0 Å². The van der Waals surface area contributed by atoms with Gasteiger partial charge in [0.05, 0.1) is 0 Å². The Morgan fingerprint density at radius 1 is 0.203 bits per heavy atom. The van der Waals surface area contributed by atoms with Crippen LogP contribution in [0.3, 0.4) is 0 Å². The minimum Gasteiger partial charge on any atom is -0.341 e. The predicted octanol–water partition coefficient (Wildman–Crippen LogP) is 9.29. The summed E-state index contributed by atoms with van der Waals surface area (Å²) in [4.78, 5) is 67.7. The highest BCUT2D eigenvalue weighted by Gasteiger charge is 2.17. The Morgan fingerprint density at radius 3 is 0.362 bits per heavy atom. The summed E-state index contributed by atoms with van der Waals surface area (Å²) in [6.45, 7) is 46.8. The van der Waals surface area contributed by atoms with Crippen molar-refractivity contribution in [1.82, 2.24) is 59.8 Å². The molecule has 69 heavy (non-hydrogen) atoms. The van der Waals surface area contributed by atoms with Crippen molar-refractivity contribution in [3.63, 3.8) is 0 Å². The molecular formula is C44H81Cl5N20. The van der Waals surface area contributed by atoms with Crippen LogP contribution < -0.4 is 39.2 Å². The summed E-state index contributed by atoms with van der Waals surface area (Å²) in [6.07, 6.45) is 0. The maximum atomic E-state index is 5.95. The normalized spacial score (nSPS) is 10.3. The molecule has 0 radical (unpaired) electrons. The molecule has 0 saturated carbocycles. The topological polar surface area (TPSA) is 181 Å². The highest BCUT2D eigenvalue weighted by molar-refractivity contribution is 6.29. The molecule has 4 aromatic heterocycles. The minimum absolute atomic E-state index is 0. The Labute approximate surface area is 439 Å². The van der Waals surface area contributed by atoms with Crippen molar-refractivity contribution < 1.29 is 0 Å². The molecule has 0 spiro atoms. The molecule has 0 amide bonds. The third-order valence-corrected chi connectivity index (χ3v) is 11.4. The fourth-order valence-corrected chi connectivity index (χ4v) is 7.11. The number of anilines is 8. The first-order chi connectivity index (χ1) is 32.6. The van der Waals surface area contributed by atoms with E-state index in [1.54, 1.807) is 0 Å². The summed E-state index contributed by atoms with van der Waals surface area (Å²) in [5.74, 6) is 5.20. The fourth-order valence-electron chi connectivity index (χ4n) is 6.50. The summed E-state index contributed by atoms with van der Waals surface area (Å²) in [6, 6.07) is 0. The van der Waals surface area contributed by atoms with Gasteiger partial charge < -0.3 is 39.2 Å². The summed E-state index contributed by atoms with van der Waals surface area (Å²) in [5.41, 5.74) is 0. The van der Waals surface area contributed by atoms with Crippen molar-refractivity contribution in [3.05, 3.63) is 21.1 Å². The predicted molar refractivity (Wildman–Crippen MR) is 295 cm³/mol. The molecule has 0 atom stereocenters. The Bertz CT molecular complexity index is 1560. The SMILES string of the molecule is CCN(CC)c1nc(Cl)nc(N(CC)CC)n1.CCN(CC)c1nc(Cl)nc(N(CC)CC)n1.CCN(CC)c1nc(Cl)nc(N(CC)CC)n1.CCN(CC)c1nc(Cl)nc(N(CC)CC)n1.Cl. The average Bonchev–Trinajstić information content (AvgIpc) is 3.32. The Balaban J connectivity index is 0.000000889. The van der Waals surface area contributed by atoms with E-state index < -0.39 is 0 Å². The molecule has 4 heterocycles. The zero-order valence-corrected chi connectivity index (χ0v) is 48.0. The van der Waals surface area contributed by atoms with Gasteiger partial charge in [-0.1, -0.05) is 0 Å². The van der Waals surface area contributed by atoms with Crippen molar-refractivity contribution >= 4 is 106 Å². The summed E-state index contributed by atoms with van der Waals surface area (Å²) in [5, 5.41) is 1.01. The van der Waals surface area contributed by atoms with Gasteiger partial charge in [0, 0.05) is 105 Å². The molecule has 0 aliphatic carbocycles. The lowest BCUT2D eigenvalue weighted by Crippen LogP contribution is -2.28. The van der Waals surface area contributed by atoms with E-state index in [1.165, 1.54) is 0 Å². The second-order valence-corrected chi connectivity index (χ2v) is 15.5. The van der Waals surface area contributed by atoms with Gasteiger partial charge in [0.1, 0.15) is 0 Å². The third-order valence-electron chi connectivity index (χ3n) is 10.7. The smallest absolute Gasteiger partial charge is 0.231 e. The summed E-state index contributed by atoms with van der Waals surface area (Å²) in [7, 11) is 0. The van der Waals surface area contributed by atoms with Crippen LogP contribution >= 0.6 is 58.8 Å². The number of rotatable bonds is 24. The maximum absolute atomic E-state index is 5.95. The number of nitrogens with zero attached hydrogens (tertiary/aromatic N) is 20. The summed E-state index contributed by atoms with van der Waals surface area (Å²) >= 11 is 23.8. The van der Waals surface area contributed by atoms with Crippen LogP contribution in [0.5, 0.6) is 0 Å². The molecule has 0 saturated heterocycles. The molecule has 0 aliphatic heterocycles. The monoisotopic (exact) mass is 1060 g/mol. The zero-order valence-electron chi connectivity index (χ0n) is 44.2. The van der Waals surface area contributed by atoms with Gasteiger partial charge in [0.25, 0.3) is 0 Å². The standard InChI is InChI=1S/4C11H20ClN5.ClH/c4*1-5-16(6-2)10-13-9(12)14-11(15-10)17(7-3)8-4;/h4*5-8H2,1-4H3;1H. The highest BCUT2D eigenvalue weighted by Crippen LogP contribution is 2.20. The van der Waals surface area contributed by atoms with Crippen LogP contribution in [0.4, 0.5) is 47.6 Å². The quantitative estimate of drug-likeness (QED) is 0.0647. The molecule has 392 valence electrons. The third kappa shape index (κ3) is 21.0. The van der Waals surface area contributed by atoms with Crippen LogP contribution in [-0.2, 0) is 0 Å². The van der Waals surface area contributed by atoms with Gasteiger partial charge in [-0.3, -0.25) is 0 Å². The molecule has 0 bridgehead atoms. The average molecular weight is 1070 g/mol. The van der Waals surface area contributed by atoms with Crippen molar-refractivity contribution in [2.24, 2.45) is 0 Å². The molecule has 0 aliphatic rings. The second-order valence-electron chi connectivity index (χ2n) is 14.2. The molecule has 0 unspecified atom stereocenters. The van der Waals surface area contributed by atoms with Crippen molar-refractivity contribution in [1.29, 1.82) is 0 Å². The minimum atomic E-state index is 0. The van der Waals surface area contributed by atoms with Crippen molar-refractivity contribution in [2.75, 3.05) is 144 Å². The van der Waals surface area contributed by atoms with Crippen LogP contribution in [0.1, 0.15) is 111 Å². The fraction of sp³-hybridized carbons (Fsp3) is 0.727. The van der Waals surface area contributed by atoms with E-state index in [0.29, 0.717) is 47.6 Å². The largest absolute Gasteiger partial charge is 0.341 e. The highest BCUT2D eigenvalue weighted by atomic mass is 35.5. The van der Waals surface area contributed by atoms with Gasteiger partial charge >= 0.3 is 0 Å². The van der Waals surface area contributed by atoms with Gasteiger partial charge in [-0.2, -0.15) is 59.8 Å². The number of aromatic nitrogens is 12. The van der Waals surface area contributed by atoms with E-state index in [-0.39, 0.29) is 33.5 Å². The first-order valence-corrected chi connectivity index (χ1v) is 25.8. The van der Waals surface area contributed by atoms with E-state index in [1.807, 2.05) is 0 Å². The van der Waals surface area contributed by atoms with E-state index in [9.17, 15) is 0 Å². The molecule has 0 fully saturated rings. The Morgan fingerprint density at radius 2 is 0.290 bits per heavy atom. The van der Waals surface area contributed by atoms with Gasteiger partial charge in [-0.15, -0.1) is 12.4 Å². The van der Waals surface area contributed by atoms with Crippen LogP contribution in [0.25, 0.3) is 0 Å². The van der Waals surface area contributed by atoms with Crippen LogP contribution in [0.15, 0.2) is 0 Å². The maximum Gasteiger partial charge on any atom is 0.231 e. The summed E-state index contributed by atoms with van der Waals surface area (Å²) < 4.78 is 0. The Kier molecular flexibility index (Phi) is 33.8. The van der Waals surface area contributed by atoms with Gasteiger partial charge in [-0.05, 0) is 157 Å². The molecule has 0 aromatic carbocycles. The van der Waals surface area contributed by atoms with Gasteiger partial charge in [0.2, 0.25) is 68.7 Å². The number of halogens is 5. The molecule has 25 heteroatoms. The van der Waals surface area contributed by atoms with Crippen molar-refractivity contribution in [2.45, 2.75) is 111 Å². The van der Waals surface area contributed by atoms with Crippen LogP contribution in [0, 0.1) is 0 Å². The number of hydrogen-bond donors (Lipinski definition) is 0. The van der Waals surface area contributed by atoms with E-state index >= 15 is 0 Å². The molecule has 20 nitrogen and oxygen atoms in total. The van der Waals surface area contributed by atoms with E-state index in [2.05, 4.69) is 210 Å². The Hall–Kier alpha value is -4.11. The number of hydrogen-bond acceptors (Lipinski definition) is 20. The first kappa shape index (κ1) is 64.9. The first-order valence-electron chi connectivity index (χ1n) is 24.3. The molecule has 0 N–H and O–H groups in total. The van der Waals surface area contributed by atoms with E-state index in [0.717, 1.165) is 105 Å². The lowest BCUT2D eigenvalue weighted by molar-refractivity contribution is 0.776. The van der Waals surface area contributed by atoms with Crippen LogP contribution in [0.2, 0.25) is 21.1 Å². The molecular weight excluding hydrogens is 986 g/mol.